The standard InChI is InChI=1S/C15H12Cl2N2/c16-14(17)15-18-12-9-5-4-8-11(12)13(19-15)10-6-2-1-3-7-10/h1-9,14-15,18H. The third kappa shape index (κ3) is 2.46. The number of rotatable bonds is 2. The maximum absolute atomic E-state index is 5.97. The van der Waals surface area contributed by atoms with E-state index in [2.05, 4.69) is 10.3 Å². The molecule has 0 amide bonds. The molecule has 96 valence electrons. The van der Waals surface area contributed by atoms with Gasteiger partial charge in [0.1, 0.15) is 11.0 Å². The fourth-order valence-electron chi connectivity index (χ4n) is 2.16. The first-order valence-corrected chi connectivity index (χ1v) is 6.90. The van der Waals surface area contributed by atoms with E-state index in [4.69, 9.17) is 23.2 Å². The maximum atomic E-state index is 5.97. The third-order valence-electron chi connectivity index (χ3n) is 3.04. The van der Waals surface area contributed by atoms with E-state index in [1.807, 2.05) is 54.6 Å². The van der Waals surface area contributed by atoms with Gasteiger partial charge in [0.2, 0.25) is 0 Å². The number of anilines is 1. The Balaban J connectivity index is 2.13. The molecular weight excluding hydrogens is 279 g/mol. The smallest absolute Gasteiger partial charge is 0.149 e. The van der Waals surface area contributed by atoms with Gasteiger partial charge in [-0.15, -0.1) is 23.2 Å². The van der Waals surface area contributed by atoms with Crippen LogP contribution < -0.4 is 5.32 Å². The molecule has 1 heterocycles. The largest absolute Gasteiger partial charge is 0.361 e. The second-order valence-corrected chi connectivity index (χ2v) is 5.48. The van der Waals surface area contributed by atoms with E-state index in [-0.39, 0.29) is 6.17 Å². The Morgan fingerprint density at radius 3 is 2.37 bits per heavy atom. The van der Waals surface area contributed by atoms with Crippen molar-refractivity contribution < 1.29 is 0 Å². The molecule has 0 fully saturated rings. The summed E-state index contributed by atoms with van der Waals surface area (Å²) in [5.74, 6) is 0. The van der Waals surface area contributed by atoms with Gasteiger partial charge in [0.05, 0.1) is 5.71 Å². The summed E-state index contributed by atoms with van der Waals surface area (Å²) in [7, 11) is 0. The number of hydrogen-bond donors (Lipinski definition) is 1. The third-order valence-corrected chi connectivity index (χ3v) is 3.52. The van der Waals surface area contributed by atoms with Gasteiger partial charge in [-0.05, 0) is 6.07 Å². The van der Waals surface area contributed by atoms with E-state index in [1.165, 1.54) is 0 Å². The number of fused-ring (bicyclic) bond motifs is 1. The highest BCUT2D eigenvalue weighted by atomic mass is 35.5. The summed E-state index contributed by atoms with van der Waals surface area (Å²) < 4.78 is 0. The van der Waals surface area contributed by atoms with Crippen molar-refractivity contribution in [3.8, 4) is 0 Å². The number of benzene rings is 2. The van der Waals surface area contributed by atoms with Gasteiger partial charge in [-0.25, -0.2) is 0 Å². The van der Waals surface area contributed by atoms with Crippen LogP contribution in [0, 0.1) is 0 Å². The molecule has 4 heteroatoms. The minimum atomic E-state index is -0.591. The zero-order valence-corrected chi connectivity index (χ0v) is 11.6. The summed E-state index contributed by atoms with van der Waals surface area (Å²) in [5.41, 5.74) is 4.06. The second kappa shape index (κ2) is 5.24. The molecule has 2 aromatic rings. The van der Waals surface area contributed by atoms with Gasteiger partial charge >= 0.3 is 0 Å². The zero-order valence-electron chi connectivity index (χ0n) is 10.1. The predicted octanol–water partition coefficient (Wildman–Crippen LogP) is 4.08. The molecule has 3 rings (SSSR count). The molecule has 1 aliphatic rings. The Morgan fingerprint density at radius 2 is 1.63 bits per heavy atom. The topological polar surface area (TPSA) is 24.4 Å². The number of halogens is 2. The fraction of sp³-hybridized carbons (Fsp3) is 0.133. The minimum absolute atomic E-state index is 0.326. The second-order valence-electron chi connectivity index (χ2n) is 4.31. The zero-order chi connectivity index (χ0) is 13.2. The highest BCUT2D eigenvalue weighted by Gasteiger charge is 2.24. The van der Waals surface area contributed by atoms with Crippen LogP contribution in [0.4, 0.5) is 5.69 Å². The lowest BCUT2D eigenvalue weighted by molar-refractivity contribution is 0.815. The highest BCUT2D eigenvalue weighted by molar-refractivity contribution is 6.45. The van der Waals surface area contributed by atoms with E-state index in [9.17, 15) is 0 Å². The Bertz CT molecular complexity index is 609. The summed E-state index contributed by atoms with van der Waals surface area (Å²) >= 11 is 11.9. The van der Waals surface area contributed by atoms with Crippen molar-refractivity contribution in [3.63, 3.8) is 0 Å². The molecule has 19 heavy (non-hydrogen) atoms. The average molecular weight is 291 g/mol. The van der Waals surface area contributed by atoms with Crippen LogP contribution in [0.25, 0.3) is 0 Å². The van der Waals surface area contributed by atoms with Crippen molar-refractivity contribution in [2.75, 3.05) is 5.32 Å². The van der Waals surface area contributed by atoms with E-state index in [0.29, 0.717) is 0 Å². The van der Waals surface area contributed by atoms with Crippen molar-refractivity contribution in [3.05, 3.63) is 65.7 Å². The van der Waals surface area contributed by atoms with E-state index in [0.717, 1.165) is 22.5 Å². The first-order valence-electron chi connectivity index (χ1n) is 6.03. The summed E-state index contributed by atoms with van der Waals surface area (Å²) in [6, 6.07) is 18.1. The van der Waals surface area contributed by atoms with Crippen LogP contribution in [0.3, 0.4) is 0 Å². The van der Waals surface area contributed by atoms with Gasteiger partial charge in [0, 0.05) is 16.8 Å². The summed E-state index contributed by atoms with van der Waals surface area (Å²) in [6.07, 6.45) is -0.326. The molecule has 0 saturated heterocycles. The Morgan fingerprint density at radius 1 is 0.947 bits per heavy atom. The number of alkyl halides is 2. The van der Waals surface area contributed by atoms with Gasteiger partial charge in [-0.1, -0.05) is 48.5 Å². The molecule has 1 N–H and O–H groups in total. The van der Waals surface area contributed by atoms with Crippen molar-refractivity contribution in [2.24, 2.45) is 4.99 Å². The Kier molecular flexibility index (Phi) is 3.45. The van der Waals surface area contributed by atoms with Crippen LogP contribution >= 0.6 is 23.2 Å². The molecular formula is C15H12Cl2N2. The lowest BCUT2D eigenvalue weighted by atomic mass is 9.99. The molecule has 0 bridgehead atoms. The molecule has 1 unspecified atom stereocenters. The van der Waals surface area contributed by atoms with E-state index in [1.54, 1.807) is 0 Å². The molecule has 1 atom stereocenters. The fourth-order valence-corrected chi connectivity index (χ4v) is 2.40. The number of nitrogens with zero attached hydrogens (tertiary/aromatic N) is 1. The summed E-state index contributed by atoms with van der Waals surface area (Å²) in [5, 5.41) is 3.24. The van der Waals surface area contributed by atoms with Gasteiger partial charge in [0.15, 0.2) is 0 Å². The van der Waals surface area contributed by atoms with Crippen LogP contribution in [-0.2, 0) is 0 Å². The molecule has 2 nitrogen and oxygen atoms in total. The van der Waals surface area contributed by atoms with Gasteiger partial charge < -0.3 is 5.32 Å². The lowest BCUT2D eigenvalue weighted by Crippen LogP contribution is -2.31. The average Bonchev–Trinajstić information content (AvgIpc) is 2.47. The first kappa shape index (κ1) is 12.5. The van der Waals surface area contributed by atoms with Crippen molar-refractivity contribution in [1.82, 2.24) is 0 Å². The van der Waals surface area contributed by atoms with Crippen molar-refractivity contribution in [1.29, 1.82) is 0 Å². The first-order chi connectivity index (χ1) is 9.25. The SMILES string of the molecule is ClC(Cl)C1N=C(c2ccccc2)c2ccccc2N1. The van der Waals surface area contributed by atoms with Crippen LogP contribution in [-0.4, -0.2) is 16.7 Å². The van der Waals surface area contributed by atoms with Crippen molar-refractivity contribution >= 4 is 34.6 Å². The van der Waals surface area contributed by atoms with Crippen molar-refractivity contribution in [2.45, 2.75) is 11.0 Å². The molecule has 1 aliphatic heterocycles. The molecule has 0 aliphatic carbocycles. The molecule has 2 aromatic carbocycles. The molecule has 0 aromatic heterocycles. The summed E-state index contributed by atoms with van der Waals surface area (Å²) in [4.78, 5) is 4.04. The van der Waals surface area contributed by atoms with Crippen LogP contribution in [0.2, 0.25) is 0 Å². The molecule has 0 radical (unpaired) electrons. The van der Waals surface area contributed by atoms with E-state index >= 15 is 0 Å². The number of para-hydroxylation sites is 1. The molecule has 0 saturated carbocycles. The van der Waals surface area contributed by atoms with Gasteiger partial charge in [0.25, 0.3) is 0 Å². The van der Waals surface area contributed by atoms with Crippen LogP contribution in [0.15, 0.2) is 59.6 Å². The minimum Gasteiger partial charge on any atom is -0.361 e. The van der Waals surface area contributed by atoms with Gasteiger partial charge in [-0.2, -0.15) is 0 Å². The number of aliphatic imine (C=N–C) groups is 1. The Hall–Kier alpha value is -1.51. The lowest BCUT2D eigenvalue weighted by Gasteiger charge is -2.26. The normalized spacial score (nSPS) is 17.6. The van der Waals surface area contributed by atoms with Crippen LogP contribution in [0.1, 0.15) is 11.1 Å². The maximum Gasteiger partial charge on any atom is 0.149 e. The Labute approximate surface area is 122 Å². The highest BCUT2D eigenvalue weighted by Crippen LogP contribution is 2.28. The number of hydrogen-bond acceptors (Lipinski definition) is 2. The predicted molar refractivity (Wildman–Crippen MR) is 81.4 cm³/mol. The quantitative estimate of drug-likeness (QED) is 0.828. The van der Waals surface area contributed by atoms with E-state index < -0.39 is 4.84 Å². The monoisotopic (exact) mass is 290 g/mol. The number of nitrogens with one attached hydrogen (secondary N) is 1. The summed E-state index contributed by atoms with van der Waals surface area (Å²) in [6.45, 7) is 0. The van der Waals surface area contributed by atoms with Gasteiger partial charge in [-0.3, -0.25) is 4.99 Å². The molecule has 0 spiro atoms. The van der Waals surface area contributed by atoms with Crippen LogP contribution in [0.5, 0.6) is 0 Å².